The van der Waals surface area contributed by atoms with E-state index in [0.717, 1.165) is 24.8 Å². The van der Waals surface area contributed by atoms with Gasteiger partial charge >= 0.3 is 5.97 Å². The van der Waals surface area contributed by atoms with E-state index in [1.54, 1.807) is 18.9 Å². The van der Waals surface area contributed by atoms with E-state index in [0.29, 0.717) is 12.5 Å². The van der Waals surface area contributed by atoms with Crippen LogP contribution in [0.2, 0.25) is 0 Å². The summed E-state index contributed by atoms with van der Waals surface area (Å²) in [5, 5.41) is 3.68. The van der Waals surface area contributed by atoms with Gasteiger partial charge in [-0.15, -0.1) is 11.8 Å². The van der Waals surface area contributed by atoms with Crippen LogP contribution >= 0.6 is 11.8 Å². The highest BCUT2D eigenvalue weighted by atomic mass is 32.2. The molecule has 1 aromatic carbocycles. The molecule has 0 amide bonds. The number of benzene rings is 1. The second-order valence-electron chi connectivity index (χ2n) is 6.36. The van der Waals surface area contributed by atoms with Crippen molar-refractivity contribution in [1.82, 2.24) is 5.32 Å². The van der Waals surface area contributed by atoms with Crippen molar-refractivity contribution >= 4 is 17.7 Å². The van der Waals surface area contributed by atoms with Crippen LogP contribution in [-0.2, 0) is 20.8 Å². The summed E-state index contributed by atoms with van der Waals surface area (Å²) in [5.41, 5.74) is 1.31. The lowest BCUT2D eigenvalue weighted by Crippen LogP contribution is -2.25. The van der Waals surface area contributed by atoms with E-state index in [2.05, 4.69) is 34.3 Å². The molecule has 1 aliphatic carbocycles. The van der Waals surface area contributed by atoms with Gasteiger partial charge in [-0.2, -0.15) is 0 Å². The average Bonchev–Trinajstić information content (AvgIpc) is 3.07. The van der Waals surface area contributed by atoms with Crippen LogP contribution in [0.5, 0.6) is 0 Å². The summed E-state index contributed by atoms with van der Waals surface area (Å²) in [7, 11) is 3.21. The first-order valence-electron chi connectivity index (χ1n) is 8.72. The monoisotopic (exact) mass is 351 g/mol. The number of nitrogens with one attached hydrogen (secondary N) is 1. The van der Waals surface area contributed by atoms with Crippen LogP contribution in [0.4, 0.5) is 0 Å². The highest BCUT2D eigenvalue weighted by Gasteiger charge is 2.23. The molecule has 1 saturated carbocycles. The van der Waals surface area contributed by atoms with E-state index in [9.17, 15) is 4.79 Å². The summed E-state index contributed by atoms with van der Waals surface area (Å²) in [5.74, 6) is 1.43. The Balaban J connectivity index is 1.66. The van der Waals surface area contributed by atoms with Gasteiger partial charge in [0.15, 0.2) is 0 Å². The molecule has 0 heterocycles. The third-order valence-corrected chi connectivity index (χ3v) is 5.61. The molecule has 0 radical (unpaired) electrons. The van der Waals surface area contributed by atoms with E-state index in [1.807, 2.05) is 0 Å². The molecule has 2 unspecified atom stereocenters. The van der Waals surface area contributed by atoms with Gasteiger partial charge in [-0.05, 0) is 49.3 Å². The molecule has 2 atom stereocenters. The van der Waals surface area contributed by atoms with Gasteiger partial charge in [-0.25, -0.2) is 0 Å². The Morgan fingerprint density at radius 1 is 1.25 bits per heavy atom. The number of esters is 1. The van der Waals surface area contributed by atoms with Crippen molar-refractivity contribution < 1.29 is 14.3 Å². The lowest BCUT2D eigenvalue weighted by atomic mass is 10.0. The van der Waals surface area contributed by atoms with E-state index in [-0.39, 0.29) is 5.97 Å². The fourth-order valence-corrected chi connectivity index (χ4v) is 3.96. The normalized spacial score (nSPS) is 20.2. The molecule has 0 saturated heterocycles. The number of hydrogen-bond acceptors (Lipinski definition) is 5. The zero-order chi connectivity index (χ0) is 17.2. The summed E-state index contributed by atoms with van der Waals surface area (Å²) >= 11 is 1.69. The molecule has 0 spiro atoms. The Morgan fingerprint density at radius 3 is 2.75 bits per heavy atom. The Hall–Kier alpha value is -1.04. The lowest BCUT2D eigenvalue weighted by molar-refractivity contribution is -0.140. The number of methoxy groups -OCH3 is 2. The van der Waals surface area contributed by atoms with Gasteiger partial charge in [-0.1, -0.05) is 12.1 Å². The van der Waals surface area contributed by atoms with E-state index < -0.39 is 0 Å². The highest BCUT2D eigenvalue weighted by Crippen LogP contribution is 2.28. The molecule has 4 nitrogen and oxygen atoms in total. The van der Waals surface area contributed by atoms with Crippen LogP contribution in [0.25, 0.3) is 0 Å². The van der Waals surface area contributed by atoms with Crippen molar-refractivity contribution in [3.63, 3.8) is 0 Å². The minimum absolute atomic E-state index is 0.149. The molecular weight excluding hydrogens is 322 g/mol. The minimum Gasteiger partial charge on any atom is -0.469 e. The Morgan fingerprint density at radius 2 is 2.04 bits per heavy atom. The third-order valence-electron chi connectivity index (χ3n) is 4.59. The molecule has 0 bridgehead atoms. The van der Waals surface area contributed by atoms with Gasteiger partial charge in [-0.3, -0.25) is 4.79 Å². The quantitative estimate of drug-likeness (QED) is 0.515. The number of hydrogen-bond donors (Lipinski definition) is 1. The molecule has 2 rings (SSSR count). The summed E-state index contributed by atoms with van der Waals surface area (Å²) < 4.78 is 9.83. The summed E-state index contributed by atoms with van der Waals surface area (Å²) in [6.45, 7) is 1.81. The molecule has 1 fully saturated rings. The van der Waals surface area contributed by atoms with Gasteiger partial charge in [0.1, 0.15) is 0 Å². The molecule has 24 heavy (non-hydrogen) atoms. The second-order valence-corrected chi connectivity index (χ2v) is 7.53. The molecule has 1 aromatic rings. The zero-order valence-corrected chi connectivity index (χ0v) is 15.6. The Bertz CT molecular complexity index is 492. The molecule has 0 aliphatic heterocycles. The molecule has 1 N–H and O–H groups in total. The molecule has 1 aliphatic rings. The van der Waals surface area contributed by atoms with E-state index >= 15 is 0 Å². The van der Waals surface area contributed by atoms with Crippen LogP contribution in [-0.4, -0.2) is 38.6 Å². The predicted molar refractivity (Wildman–Crippen MR) is 98.3 cm³/mol. The summed E-state index contributed by atoms with van der Waals surface area (Å²) in [6, 6.07) is 9.25. The lowest BCUT2D eigenvalue weighted by Gasteiger charge is -2.13. The van der Waals surface area contributed by atoms with Crippen LogP contribution in [0.1, 0.15) is 37.7 Å². The minimum atomic E-state index is -0.149. The highest BCUT2D eigenvalue weighted by molar-refractivity contribution is 7.99. The summed E-state index contributed by atoms with van der Waals surface area (Å²) in [4.78, 5) is 12.3. The number of thioether (sulfide) groups is 1. The maximum Gasteiger partial charge on any atom is 0.306 e. The maximum atomic E-state index is 11.1. The van der Waals surface area contributed by atoms with Crippen LogP contribution in [0.3, 0.4) is 0 Å². The van der Waals surface area contributed by atoms with Gasteiger partial charge in [0.05, 0.1) is 13.5 Å². The predicted octanol–water partition coefficient (Wildman–Crippen LogP) is 3.64. The van der Waals surface area contributed by atoms with Crippen molar-refractivity contribution in [2.75, 3.05) is 26.6 Å². The largest absolute Gasteiger partial charge is 0.469 e. The van der Waals surface area contributed by atoms with Crippen molar-refractivity contribution in [3.05, 3.63) is 29.8 Å². The second kappa shape index (κ2) is 10.7. The summed E-state index contributed by atoms with van der Waals surface area (Å²) in [6.07, 6.45) is 5.50. The van der Waals surface area contributed by atoms with Crippen molar-refractivity contribution in [2.45, 2.75) is 49.6 Å². The van der Waals surface area contributed by atoms with Gasteiger partial charge in [0.25, 0.3) is 0 Å². The van der Waals surface area contributed by atoms with E-state index in [4.69, 9.17) is 4.74 Å². The Kier molecular flexibility index (Phi) is 8.64. The molecular formula is C19H29NO3S. The Labute approximate surface area is 149 Å². The topological polar surface area (TPSA) is 47.6 Å². The zero-order valence-electron chi connectivity index (χ0n) is 14.8. The van der Waals surface area contributed by atoms with Gasteiger partial charge < -0.3 is 14.8 Å². The first-order chi connectivity index (χ1) is 11.7. The number of rotatable bonds is 10. The third kappa shape index (κ3) is 6.83. The fourth-order valence-electron chi connectivity index (χ4n) is 3.13. The van der Waals surface area contributed by atoms with Crippen molar-refractivity contribution in [3.8, 4) is 0 Å². The number of carbonyl (C=O) groups excluding carboxylic acids is 1. The maximum absolute atomic E-state index is 11.1. The molecule has 5 heteroatoms. The van der Waals surface area contributed by atoms with Crippen LogP contribution in [0, 0.1) is 5.92 Å². The molecule has 134 valence electrons. The average molecular weight is 352 g/mol. The molecule has 0 aromatic heterocycles. The standard InChI is InChI=1S/C19H29NO3S/c1-22-11-9-15-3-6-17(13-15)20-14-16-4-7-18(8-5-16)24-12-10-19(21)23-2/h4-5,7-8,15,17,20H,3,6,9-14H2,1-2H3. The van der Waals surface area contributed by atoms with E-state index in [1.165, 1.54) is 43.3 Å². The van der Waals surface area contributed by atoms with Crippen LogP contribution in [0.15, 0.2) is 29.2 Å². The van der Waals surface area contributed by atoms with Gasteiger partial charge in [0, 0.05) is 37.0 Å². The smallest absolute Gasteiger partial charge is 0.306 e. The fraction of sp³-hybridized carbons (Fsp3) is 0.632. The van der Waals surface area contributed by atoms with Crippen molar-refractivity contribution in [2.24, 2.45) is 5.92 Å². The SMILES string of the molecule is COCCC1CCC(NCc2ccc(SCCC(=O)OC)cc2)C1. The van der Waals surface area contributed by atoms with Crippen LogP contribution < -0.4 is 5.32 Å². The number of ether oxygens (including phenoxy) is 2. The number of carbonyl (C=O) groups is 1. The first-order valence-corrected chi connectivity index (χ1v) is 9.70. The van der Waals surface area contributed by atoms with Crippen molar-refractivity contribution in [1.29, 1.82) is 0 Å². The first kappa shape index (κ1) is 19.3. The van der Waals surface area contributed by atoms with Gasteiger partial charge in [0.2, 0.25) is 0 Å².